The molecule has 0 aliphatic rings. The van der Waals surface area contributed by atoms with Gasteiger partial charge in [0.15, 0.2) is 0 Å². The molecule has 0 radical (unpaired) electrons. The van der Waals surface area contributed by atoms with E-state index in [2.05, 4.69) is 19.2 Å². The van der Waals surface area contributed by atoms with Crippen molar-refractivity contribution in [1.82, 2.24) is 5.32 Å². The highest BCUT2D eigenvalue weighted by Gasteiger charge is 2.23. The molecule has 0 heterocycles. The molecule has 0 fully saturated rings. The van der Waals surface area contributed by atoms with Gasteiger partial charge in [0.1, 0.15) is 11.6 Å². The first kappa shape index (κ1) is 18.1. The van der Waals surface area contributed by atoms with Crippen molar-refractivity contribution in [2.24, 2.45) is 0 Å². The predicted octanol–water partition coefficient (Wildman–Crippen LogP) is 4.08. The molecule has 120 valence electrons. The fraction of sp³-hybridized carbons (Fsp3) is 0.647. The summed E-state index contributed by atoms with van der Waals surface area (Å²) in [6, 6.07) is 3.95. The summed E-state index contributed by atoms with van der Waals surface area (Å²) in [5.74, 6) is -0.963. The summed E-state index contributed by atoms with van der Waals surface area (Å²) in [6.07, 6.45) is 3.12. The van der Waals surface area contributed by atoms with E-state index in [1.165, 1.54) is 18.2 Å². The number of benzene rings is 1. The van der Waals surface area contributed by atoms with Crippen molar-refractivity contribution < 1.29 is 13.5 Å². The second-order valence-corrected chi connectivity index (χ2v) is 5.25. The molecule has 0 amide bonds. The van der Waals surface area contributed by atoms with E-state index >= 15 is 0 Å². The zero-order valence-electron chi connectivity index (χ0n) is 13.3. The summed E-state index contributed by atoms with van der Waals surface area (Å²) in [6.45, 7) is 7.53. The lowest BCUT2D eigenvalue weighted by Crippen LogP contribution is -2.43. The Hall–Kier alpha value is -1.00. The normalized spacial score (nSPS) is 14.1. The van der Waals surface area contributed by atoms with E-state index in [4.69, 9.17) is 4.74 Å². The number of hydrogen-bond donors (Lipinski definition) is 1. The van der Waals surface area contributed by atoms with Crippen molar-refractivity contribution in [3.05, 3.63) is 35.4 Å². The maximum absolute atomic E-state index is 13.9. The lowest BCUT2D eigenvalue weighted by Gasteiger charge is -2.28. The monoisotopic (exact) mass is 299 g/mol. The molecule has 2 nitrogen and oxygen atoms in total. The Labute approximate surface area is 126 Å². The lowest BCUT2D eigenvalue weighted by atomic mass is 9.97. The van der Waals surface area contributed by atoms with Gasteiger partial charge in [-0.3, -0.25) is 0 Å². The summed E-state index contributed by atoms with van der Waals surface area (Å²) in [4.78, 5) is 0. The van der Waals surface area contributed by atoms with Crippen LogP contribution in [0.2, 0.25) is 0 Å². The fourth-order valence-corrected chi connectivity index (χ4v) is 2.51. The van der Waals surface area contributed by atoms with Crippen LogP contribution < -0.4 is 5.32 Å². The van der Waals surface area contributed by atoms with Gasteiger partial charge in [0.25, 0.3) is 0 Å². The number of rotatable bonds is 10. The third kappa shape index (κ3) is 5.71. The van der Waals surface area contributed by atoms with Gasteiger partial charge in [-0.25, -0.2) is 8.78 Å². The fourth-order valence-electron chi connectivity index (χ4n) is 2.51. The van der Waals surface area contributed by atoms with Crippen LogP contribution in [0.25, 0.3) is 0 Å². The molecular formula is C17H27F2NO. The molecule has 0 aromatic heterocycles. The van der Waals surface area contributed by atoms with Gasteiger partial charge in [-0.05, 0) is 44.9 Å². The number of hydrogen-bond acceptors (Lipinski definition) is 2. The predicted molar refractivity (Wildman–Crippen MR) is 82.5 cm³/mol. The van der Waals surface area contributed by atoms with Crippen LogP contribution in [0.4, 0.5) is 8.78 Å². The van der Waals surface area contributed by atoms with Crippen molar-refractivity contribution in [3.63, 3.8) is 0 Å². The molecule has 1 aromatic rings. The minimum atomic E-state index is -0.481. The maximum atomic E-state index is 13.9. The Morgan fingerprint density at radius 2 is 1.76 bits per heavy atom. The van der Waals surface area contributed by atoms with Crippen LogP contribution in [0.3, 0.4) is 0 Å². The van der Waals surface area contributed by atoms with Gasteiger partial charge in [0, 0.05) is 18.2 Å². The quantitative estimate of drug-likeness (QED) is 0.703. The number of nitrogens with one attached hydrogen (secondary N) is 1. The van der Waals surface area contributed by atoms with Crippen LogP contribution in [0.1, 0.15) is 45.6 Å². The minimum absolute atomic E-state index is 0.0226. The molecule has 0 spiro atoms. The van der Waals surface area contributed by atoms with E-state index in [1.807, 2.05) is 6.92 Å². The Bertz CT molecular complexity index is 386. The molecule has 4 heteroatoms. The topological polar surface area (TPSA) is 21.3 Å². The largest absolute Gasteiger partial charge is 0.377 e. The van der Waals surface area contributed by atoms with Crippen molar-refractivity contribution in [2.45, 2.75) is 58.6 Å². The highest BCUT2D eigenvalue weighted by Crippen LogP contribution is 2.18. The first-order valence-electron chi connectivity index (χ1n) is 7.91. The number of ether oxygens (including phenoxy) is 1. The maximum Gasteiger partial charge on any atom is 0.129 e. The standard InChI is InChI=1S/C17H27F2NO/c1-4-8-17(21-6-3)16(20-11-5-2)12-13-14(18)9-7-10-15(13)19/h7,9-10,16-17,20H,4-6,8,11-12H2,1-3H3. The highest BCUT2D eigenvalue weighted by atomic mass is 19.1. The molecule has 0 aliphatic heterocycles. The summed E-state index contributed by atoms with van der Waals surface area (Å²) < 4.78 is 33.5. The van der Waals surface area contributed by atoms with Crippen LogP contribution in [-0.2, 0) is 11.2 Å². The first-order valence-corrected chi connectivity index (χ1v) is 7.91. The molecule has 0 saturated heterocycles. The average Bonchev–Trinajstić information content (AvgIpc) is 2.46. The third-order valence-corrected chi connectivity index (χ3v) is 3.54. The smallest absolute Gasteiger partial charge is 0.129 e. The molecule has 1 rings (SSSR count). The lowest BCUT2D eigenvalue weighted by molar-refractivity contribution is 0.0278. The third-order valence-electron chi connectivity index (χ3n) is 3.54. The van der Waals surface area contributed by atoms with Gasteiger partial charge >= 0.3 is 0 Å². The average molecular weight is 299 g/mol. The molecule has 2 atom stereocenters. The second kappa shape index (κ2) is 9.85. The zero-order chi connectivity index (χ0) is 15.7. The van der Waals surface area contributed by atoms with E-state index in [0.29, 0.717) is 13.0 Å². The van der Waals surface area contributed by atoms with Crippen molar-refractivity contribution in [2.75, 3.05) is 13.2 Å². The van der Waals surface area contributed by atoms with Crippen LogP contribution in [0.5, 0.6) is 0 Å². The van der Waals surface area contributed by atoms with Crippen LogP contribution in [0, 0.1) is 11.6 Å². The van der Waals surface area contributed by atoms with Crippen LogP contribution >= 0.6 is 0 Å². The van der Waals surface area contributed by atoms with Crippen LogP contribution in [0.15, 0.2) is 18.2 Å². The molecule has 1 N–H and O–H groups in total. The van der Waals surface area contributed by atoms with Gasteiger partial charge in [-0.2, -0.15) is 0 Å². The van der Waals surface area contributed by atoms with Crippen molar-refractivity contribution >= 4 is 0 Å². The summed E-state index contributed by atoms with van der Waals surface area (Å²) in [5.41, 5.74) is 0.145. The van der Waals surface area contributed by atoms with E-state index in [-0.39, 0.29) is 17.7 Å². The molecule has 21 heavy (non-hydrogen) atoms. The SMILES string of the molecule is CCCNC(Cc1c(F)cccc1F)C(CCC)OCC. The van der Waals surface area contributed by atoms with Gasteiger partial charge in [-0.1, -0.05) is 26.3 Å². The molecular weight excluding hydrogens is 272 g/mol. The van der Waals surface area contributed by atoms with Gasteiger partial charge in [-0.15, -0.1) is 0 Å². The Balaban J connectivity index is 2.90. The van der Waals surface area contributed by atoms with Gasteiger partial charge in [0.2, 0.25) is 0 Å². The molecule has 2 unspecified atom stereocenters. The van der Waals surface area contributed by atoms with E-state index in [1.54, 1.807) is 0 Å². The van der Waals surface area contributed by atoms with Gasteiger partial charge in [0.05, 0.1) is 6.10 Å². The highest BCUT2D eigenvalue weighted by molar-refractivity contribution is 5.21. The summed E-state index contributed by atoms with van der Waals surface area (Å²) in [5, 5.41) is 3.38. The Morgan fingerprint density at radius 3 is 2.29 bits per heavy atom. The molecule has 0 aliphatic carbocycles. The van der Waals surface area contributed by atoms with E-state index < -0.39 is 11.6 Å². The Kier molecular flexibility index (Phi) is 8.47. The minimum Gasteiger partial charge on any atom is -0.377 e. The number of halogens is 2. The molecule has 0 saturated carbocycles. The second-order valence-electron chi connectivity index (χ2n) is 5.25. The van der Waals surface area contributed by atoms with Gasteiger partial charge < -0.3 is 10.1 Å². The van der Waals surface area contributed by atoms with Crippen molar-refractivity contribution in [3.8, 4) is 0 Å². The molecule has 0 bridgehead atoms. The van der Waals surface area contributed by atoms with E-state index in [0.717, 1.165) is 25.8 Å². The van der Waals surface area contributed by atoms with E-state index in [9.17, 15) is 8.78 Å². The summed E-state index contributed by atoms with van der Waals surface area (Å²) in [7, 11) is 0. The zero-order valence-corrected chi connectivity index (χ0v) is 13.3. The van der Waals surface area contributed by atoms with Crippen LogP contribution in [-0.4, -0.2) is 25.3 Å². The molecule has 1 aromatic carbocycles. The van der Waals surface area contributed by atoms with Crippen molar-refractivity contribution in [1.29, 1.82) is 0 Å². The summed E-state index contributed by atoms with van der Waals surface area (Å²) >= 11 is 0. The Morgan fingerprint density at radius 1 is 1.10 bits per heavy atom. The first-order chi connectivity index (χ1) is 10.1.